The minimum Gasteiger partial charge on any atom is -0.508 e. The van der Waals surface area contributed by atoms with Crippen molar-refractivity contribution in [1.29, 1.82) is 0 Å². The van der Waals surface area contributed by atoms with E-state index in [2.05, 4.69) is 4.98 Å². The first kappa shape index (κ1) is 12.5. The molecule has 0 aliphatic heterocycles. The van der Waals surface area contributed by atoms with Crippen LogP contribution in [0, 0.1) is 0 Å². The maximum absolute atomic E-state index is 12.1. The highest BCUT2D eigenvalue weighted by Crippen LogP contribution is 2.27. The lowest BCUT2D eigenvalue weighted by Gasteiger charge is -2.05. The lowest BCUT2D eigenvalue weighted by Crippen LogP contribution is -2.12. The number of fused-ring (bicyclic) bond motifs is 1. The van der Waals surface area contributed by atoms with Crippen molar-refractivity contribution in [3.8, 4) is 11.6 Å². The number of halogens is 2. The molecule has 0 spiro atoms. The van der Waals surface area contributed by atoms with Gasteiger partial charge in [0.2, 0.25) is 0 Å². The van der Waals surface area contributed by atoms with Crippen LogP contribution in [0.2, 0.25) is 10.0 Å². The maximum atomic E-state index is 12.1. The van der Waals surface area contributed by atoms with E-state index in [9.17, 15) is 9.90 Å². The molecule has 0 saturated carbocycles. The molecule has 96 valence electrons. The van der Waals surface area contributed by atoms with Crippen LogP contribution in [0.5, 0.6) is 5.75 Å². The number of rotatable bonds is 1. The number of hydrogen-bond donors (Lipinski definition) is 1. The second-order valence-corrected chi connectivity index (χ2v) is 5.65. The molecule has 3 aromatic rings. The van der Waals surface area contributed by atoms with Gasteiger partial charge in [0.1, 0.15) is 5.75 Å². The molecule has 2 heterocycles. The SMILES string of the molecule is O=c1sc2ccc(O)cc2n1-c1ncc(Cl)cc1Cl. The van der Waals surface area contributed by atoms with E-state index in [1.54, 1.807) is 6.07 Å². The average Bonchev–Trinajstić information content (AvgIpc) is 2.65. The third-order valence-corrected chi connectivity index (χ3v) is 3.97. The highest BCUT2D eigenvalue weighted by molar-refractivity contribution is 7.16. The molecule has 1 N–H and O–H groups in total. The molecule has 0 atom stereocenters. The van der Waals surface area contributed by atoms with Crippen LogP contribution in [0.25, 0.3) is 16.0 Å². The van der Waals surface area contributed by atoms with Crippen molar-refractivity contribution in [3.05, 3.63) is 50.2 Å². The molecule has 0 unspecified atom stereocenters. The fourth-order valence-corrected chi connectivity index (χ4v) is 3.10. The van der Waals surface area contributed by atoms with Crippen LogP contribution in [0.15, 0.2) is 35.3 Å². The smallest absolute Gasteiger partial charge is 0.313 e. The Balaban J connectivity index is 2.38. The van der Waals surface area contributed by atoms with Crippen molar-refractivity contribution in [3.63, 3.8) is 0 Å². The van der Waals surface area contributed by atoms with Crippen LogP contribution in [0.4, 0.5) is 0 Å². The first-order valence-corrected chi connectivity index (χ1v) is 6.79. The summed E-state index contributed by atoms with van der Waals surface area (Å²) >= 11 is 12.9. The Morgan fingerprint density at radius 1 is 1.26 bits per heavy atom. The predicted octanol–water partition coefficient (Wildman–Crippen LogP) is 3.46. The van der Waals surface area contributed by atoms with E-state index in [1.807, 2.05) is 0 Å². The van der Waals surface area contributed by atoms with E-state index < -0.39 is 0 Å². The van der Waals surface area contributed by atoms with Gasteiger partial charge in [-0.1, -0.05) is 34.5 Å². The normalized spacial score (nSPS) is 11.1. The molecule has 0 bridgehead atoms. The van der Waals surface area contributed by atoms with E-state index in [0.717, 1.165) is 16.0 Å². The molecular formula is C12H6Cl2N2O2S. The van der Waals surface area contributed by atoms with Crippen molar-refractivity contribution in [2.75, 3.05) is 0 Å². The molecule has 1 aromatic carbocycles. The molecule has 0 saturated heterocycles. The van der Waals surface area contributed by atoms with Gasteiger partial charge >= 0.3 is 4.87 Å². The predicted molar refractivity (Wildman–Crippen MR) is 76.9 cm³/mol. The van der Waals surface area contributed by atoms with Gasteiger partial charge in [0.25, 0.3) is 0 Å². The Hall–Kier alpha value is -1.56. The van der Waals surface area contributed by atoms with Crippen molar-refractivity contribution in [2.45, 2.75) is 0 Å². The van der Waals surface area contributed by atoms with E-state index in [0.29, 0.717) is 16.4 Å². The van der Waals surface area contributed by atoms with Gasteiger partial charge in [-0.3, -0.25) is 4.79 Å². The van der Waals surface area contributed by atoms with Crippen LogP contribution in [0.1, 0.15) is 0 Å². The number of aromatic hydroxyl groups is 1. The largest absolute Gasteiger partial charge is 0.508 e. The summed E-state index contributed by atoms with van der Waals surface area (Å²) in [5, 5.41) is 10.2. The van der Waals surface area contributed by atoms with Gasteiger partial charge in [0.15, 0.2) is 5.82 Å². The Morgan fingerprint density at radius 2 is 2.05 bits per heavy atom. The third-order valence-electron chi connectivity index (χ3n) is 2.56. The second-order valence-electron chi connectivity index (χ2n) is 3.81. The van der Waals surface area contributed by atoms with Gasteiger partial charge in [0.05, 0.1) is 20.3 Å². The van der Waals surface area contributed by atoms with Crippen molar-refractivity contribution < 1.29 is 5.11 Å². The zero-order valence-corrected chi connectivity index (χ0v) is 11.6. The number of nitrogens with zero attached hydrogens (tertiary/aromatic N) is 2. The molecule has 0 fully saturated rings. The number of pyridine rings is 1. The zero-order valence-electron chi connectivity index (χ0n) is 9.30. The summed E-state index contributed by atoms with van der Waals surface area (Å²) < 4.78 is 2.11. The maximum Gasteiger partial charge on any atom is 0.313 e. The molecule has 4 nitrogen and oxygen atoms in total. The summed E-state index contributed by atoms with van der Waals surface area (Å²) in [4.78, 5) is 15.9. The van der Waals surface area contributed by atoms with Gasteiger partial charge < -0.3 is 5.11 Å². The summed E-state index contributed by atoms with van der Waals surface area (Å²) in [5.74, 6) is 0.372. The molecule has 0 aliphatic carbocycles. The summed E-state index contributed by atoms with van der Waals surface area (Å²) in [7, 11) is 0. The van der Waals surface area contributed by atoms with Crippen LogP contribution >= 0.6 is 34.5 Å². The van der Waals surface area contributed by atoms with Crippen molar-refractivity contribution >= 4 is 44.8 Å². The summed E-state index contributed by atoms with van der Waals surface area (Å²) in [6.07, 6.45) is 1.42. The number of aromatic nitrogens is 2. The van der Waals surface area contributed by atoms with Gasteiger partial charge in [-0.05, 0) is 18.2 Å². The van der Waals surface area contributed by atoms with Crippen LogP contribution in [-0.2, 0) is 0 Å². The van der Waals surface area contributed by atoms with E-state index >= 15 is 0 Å². The van der Waals surface area contributed by atoms with E-state index in [-0.39, 0.29) is 15.6 Å². The number of benzene rings is 1. The molecule has 0 amide bonds. The zero-order chi connectivity index (χ0) is 13.6. The Kier molecular flexibility index (Phi) is 2.97. The Bertz CT molecular complexity index is 841. The minimum atomic E-state index is -0.225. The van der Waals surface area contributed by atoms with Gasteiger partial charge in [-0.15, -0.1) is 0 Å². The average molecular weight is 313 g/mol. The number of thiazole rings is 1. The van der Waals surface area contributed by atoms with Crippen LogP contribution < -0.4 is 4.87 Å². The minimum absolute atomic E-state index is 0.0733. The number of phenolic OH excluding ortho intramolecular Hbond substituents is 1. The fourth-order valence-electron chi connectivity index (χ4n) is 1.78. The molecule has 0 aliphatic rings. The quantitative estimate of drug-likeness (QED) is 0.748. The van der Waals surface area contributed by atoms with Gasteiger partial charge in [-0.25, -0.2) is 9.55 Å². The van der Waals surface area contributed by atoms with Crippen molar-refractivity contribution in [1.82, 2.24) is 9.55 Å². The summed E-state index contributed by atoms with van der Waals surface area (Å²) in [6.45, 7) is 0. The standard InChI is InChI=1S/C12H6Cl2N2O2S/c13-6-3-8(14)11(15-5-6)16-9-4-7(17)1-2-10(9)19-12(16)18/h1-5,17H. The van der Waals surface area contributed by atoms with Gasteiger partial charge in [0, 0.05) is 12.3 Å². The van der Waals surface area contributed by atoms with E-state index in [1.165, 1.54) is 29.0 Å². The molecule has 2 aromatic heterocycles. The van der Waals surface area contributed by atoms with Gasteiger partial charge in [-0.2, -0.15) is 0 Å². The number of phenols is 1. The van der Waals surface area contributed by atoms with E-state index in [4.69, 9.17) is 23.2 Å². The highest BCUT2D eigenvalue weighted by Gasteiger charge is 2.14. The molecular weight excluding hydrogens is 307 g/mol. The highest BCUT2D eigenvalue weighted by atomic mass is 35.5. The second kappa shape index (κ2) is 4.52. The lowest BCUT2D eigenvalue weighted by molar-refractivity contribution is 0.476. The van der Waals surface area contributed by atoms with Crippen LogP contribution in [-0.4, -0.2) is 14.7 Å². The molecule has 19 heavy (non-hydrogen) atoms. The third kappa shape index (κ3) is 2.10. The Labute approximate surface area is 121 Å². The fraction of sp³-hybridized carbons (Fsp3) is 0. The topological polar surface area (TPSA) is 55.1 Å². The lowest BCUT2D eigenvalue weighted by atomic mass is 10.3. The van der Waals surface area contributed by atoms with Crippen LogP contribution in [0.3, 0.4) is 0 Å². The molecule has 7 heteroatoms. The summed E-state index contributed by atoms with van der Waals surface area (Å²) in [5.41, 5.74) is 0.562. The van der Waals surface area contributed by atoms with Crippen molar-refractivity contribution in [2.24, 2.45) is 0 Å². The molecule has 3 rings (SSSR count). The first-order valence-electron chi connectivity index (χ1n) is 5.22. The monoisotopic (exact) mass is 312 g/mol. The molecule has 0 radical (unpaired) electrons. The number of hydrogen-bond acceptors (Lipinski definition) is 4. The summed E-state index contributed by atoms with van der Waals surface area (Å²) in [6, 6.07) is 6.22. The first-order chi connectivity index (χ1) is 9.06. The Morgan fingerprint density at radius 3 is 2.79 bits per heavy atom.